The summed E-state index contributed by atoms with van der Waals surface area (Å²) < 4.78 is 34.9. The van der Waals surface area contributed by atoms with E-state index < -0.39 is 47.8 Å². The van der Waals surface area contributed by atoms with E-state index >= 15 is 0 Å². The van der Waals surface area contributed by atoms with Crippen LogP contribution in [0.1, 0.15) is 78.6 Å². The largest absolute Gasteiger partial charge is 0.397 e. The first-order valence-electron chi connectivity index (χ1n) is 14.2. The molecule has 4 fully saturated rings. The summed E-state index contributed by atoms with van der Waals surface area (Å²) in [5.41, 5.74) is -0.309. The molecule has 0 heterocycles. The molecule has 0 radical (unpaired) electrons. The fourth-order valence-corrected chi connectivity index (χ4v) is 9.81. The molecule has 4 aliphatic carbocycles. The molecule has 4 aliphatic rings. The first-order chi connectivity index (χ1) is 17.2. The molecule has 0 aromatic rings. The molecule has 2 unspecified atom stereocenters. The van der Waals surface area contributed by atoms with E-state index in [1.807, 2.05) is 0 Å². The van der Waals surface area contributed by atoms with Gasteiger partial charge in [-0.25, -0.2) is 4.18 Å². The molecule has 0 aliphatic heterocycles. The third-order valence-corrected chi connectivity index (χ3v) is 12.1. The molecule has 4 saturated carbocycles. The lowest BCUT2D eigenvalue weighted by Crippen LogP contribution is -2.62. The molecule has 216 valence electrons. The highest BCUT2D eigenvalue weighted by atomic mass is 32.3. The molecule has 37 heavy (non-hydrogen) atoms. The van der Waals surface area contributed by atoms with Gasteiger partial charge in [0.1, 0.15) is 0 Å². The van der Waals surface area contributed by atoms with Crippen LogP contribution in [-0.4, -0.2) is 76.1 Å². The van der Waals surface area contributed by atoms with Crippen molar-refractivity contribution in [3.63, 3.8) is 0 Å². The van der Waals surface area contributed by atoms with E-state index in [4.69, 9.17) is 4.55 Å². The summed E-state index contributed by atoms with van der Waals surface area (Å²) in [5, 5.41) is 53.5. The Balaban J connectivity index is 1.45. The molecule has 4 rings (SSSR count). The van der Waals surface area contributed by atoms with Gasteiger partial charge in [0.25, 0.3) is 0 Å². The number of fused-ring (bicyclic) bond motifs is 5. The standard InChI is InChI=1S/C27H48O9S/c1-15(4-7-22(30)16(13-28)14-36-37(33,34)35)19-5-6-20-25-21(12-24(32)27(19,20)3)26(2)9-8-18(29)10-17(26)11-23(25)31/h15-25,28-32H,4-14H2,1-3H3,(H,33,34,35)/t15-,16?,17+,18-,19-,20+,21?,22+,23-,24+,25-,26+,27+/m1/s1. The Morgan fingerprint density at radius 3 is 2.35 bits per heavy atom. The Hall–Kier alpha value is -0.330. The second-order valence-corrected chi connectivity index (χ2v) is 14.4. The van der Waals surface area contributed by atoms with Crippen molar-refractivity contribution in [2.45, 2.75) is 103 Å². The molecular formula is C27H48O9S. The second-order valence-electron chi connectivity index (χ2n) is 13.3. The topological polar surface area (TPSA) is 165 Å². The van der Waals surface area contributed by atoms with Gasteiger partial charge in [0.2, 0.25) is 0 Å². The van der Waals surface area contributed by atoms with Crippen molar-refractivity contribution in [2.24, 2.45) is 52.3 Å². The van der Waals surface area contributed by atoms with Crippen LogP contribution in [0.3, 0.4) is 0 Å². The maximum absolute atomic E-state index is 11.7. The predicted octanol–water partition coefficient (Wildman–Crippen LogP) is 2.15. The molecular weight excluding hydrogens is 500 g/mol. The van der Waals surface area contributed by atoms with Crippen LogP contribution in [0.25, 0.3) is 0 Å². The Morgan fingerprint density at radius 2 is 1.70 bits per heavy atom. The first-order valence-corrected chi connectivity index (χ1v) is 15.5. The molecule has 0 amide bonds. The fourth-order valence-electron chi connectivity index (χ4n) is 9.46. The van der Waals surface area contributed by atoms with E-state index in [1.165, 1.54) is 0 Å². The number of rotatable bonds is 9. The van der Waals surface area contributed by atoms with Crippen LogP contribution < -0.4 is 0 Å². The van der Waals surface area contributed by atoms with Crippen molar-refractivity contribution < 1.29 is 42.7 Å². The van der Waals surface area contributed by atoms with E-state index in [1.54, 1.807) is 0 Å². The highest BCUT2D eigenvalue weighted by Crippen LogP contribution is 2.68. The summed E-state index contributed by atoms with van der Waals surface area (Å²) in [6.45, 7) is 5.67. The number of aliphatic hydroxyl groups excluding tert-OH is 5. The van der Waals surface area contributed by atoms with E-state index in [9.17, 15) is 34.0 Å². The average Bonchev–Trinajstić information content (AvgIpc) is 3.17. The van der Waals surface area contributed by atoms with Gasteiger partial charge in [-0.2, -0.15) is 8.42 Å². The van der Waals surface area contributed by atoms with Crippen molar-refractivity contribution in [1.29, 1.82) is 0 Å². The fraction of sp³-hybridized carbons (Fsp3) is 1.00. The third kappa shape index (κ3) is 5.51. The van der Waals surface area contributed by atoms with Crippen molar-refractivity contribution >= 4 is 10.4 Å². The second kappa shape index (κ2) is 10.9. The number of hydrogen-bond donors (Lipinski definition) is 6. The van der Waals surface area contributed by atoms with E-state index in [2.05, 4.69) is 25.0 Å². The molecule has 10 heteroatoms. The highest BCUT2D eigenvalue weighted by Gasteiger charge is 2.65. The van der Waals surface area contributed by atoms with Gasteiger partial charge >= 0.3 is 10.4 Å². The quantitative estimate of drug-likeness (QED) is 0.237. The lowest BCUT2D eigenvalue weighted by Gasteiger charge is -2.63. The van der Waals surface area contributed by atoms with Crippen LogP contribution in [0.15, 0.2) is 0 Å². The monoisotopic (exact) mass is 548 g/mol. The summed E-state index contributed by atoms with van der Waals surface area (Å²) >= 11 is 0. The molecule has 9 nitrogen and oxygen atoms in total. The Kier molecular flexibility index (Phi) is 8.75. The van der Waals surface area contributed by atoms with Crippen molar-refractivity contribution in [2.75, 3.05) is 13.2 Å². The summed E-state index contributed by atoms with van der Waals surface area (Å²) in [5.74, 6) is 0.439. The zero-order chi connectivity index (χ0) is 27.3. The molecule has 0 spiro atoms. The van der Waals surface area contributed by atoms with Gasteiger partial charge in [-0.1, -0.05) is 20.8 Å². The van der Waals surface area contributed by atoms with E-state index in [0.717, 1.165) is 38.5 Å². The van der Waals surface area contributed by atoms with Crippen LogP contribution in [0, 0.1) is 52.3 Å². The van der Waals surface area contributed by atoms with Crippen LogP contribution in [-0.2, 0) is 14.6 Å². The minimum Gasteiger partial charge on any atom is -0.396 e. The number of hydrogen-bond acceptors (Lipinski definition) is 8. The van der Waals surface area contributed by atoms with E-state index in [-0.39, 0.29) is 52.4 Å². The van der Waals surface area contributed by atoms with Crippen molar-refractivity contribution in [1.82, 2.24) is 0 Å². The van der Waals surface area contributed by atoms with Crippen LogP contribution in [0.2, 0.25) is 0 Å². The van der Waals surface area contributed by atoms with Crippen LogP contribution in [0.5, 0.6) is 0 Å². The summed E-state index contributed by atoms with van der Waals surface area (Å²) in [4.78, 5) is 0. The SMILES string of the molecule is C[C@H](CC[C@H](O)C(CO)COS(=O)(=O)O)[C@H]1CC[C@H]2[C@@H]3C(C[C@H](O)[C@@]12C)[C@@]1(C)CC[C@@H](O)C[C@H]1C[C@H]3O. The van der Waals surface area contributed by atoms with E-state index in [0.29, 0.717) is 19.3 Å². The van der Waals surface area contributed by atoms with Crippen LogP contribution in [0.4, 0.5) is 0 Å². The van der Waals surface area contributed by atoms with Crippen LogP contribution >= 0.6 is 0 Å². The van der Waals surface area contributed by atoms with Crippen molar-refractivity contribution in [3.8, 4) is 0 Å². The Labute approximate surface area is 221 Å². The minimum atomic E-state index is -4.65. The molecule has 6 N–H and O–H groups in total. The highest BCUT2D eigenvalue weighted by molar-refractivity contribution is 7.80. The maximum Gasteiger partial charge on any atom is 0.397 e. The number of aliphatic hydroxyl groups is 5. The molecule has 0 saturated heterocycles. The van der Waals surface area contributed by atoms with Gasteiger partial charge in [-0.05, 0) is 104 Å². The summed E-state index contributed by atoms with van der Waals surface area (Å²) in [6.07, 6.45) is 4.54. The molecule has 13 atom stereocenters. The first kappa shape index (κ1) is 29.6. The smallest absolute Gasteiger partial charge is 0.396 e. The molecule has 0 aromatic heterocycles. The normalized spacial score (nSPS) is 46.4. The Morgan fingerprint density at radius 1 is 1.00 bits per heavy atom. The van der Waals surface area contributed by atoms with Gasteiger partial charge in [0, 0.05) is 5.92 Å². The maximum atomic E-state index is 11.7. The average molecular weight is 549 g/mol. The third-order valence-electron chi connectivity index (χ3n) is 11.6. The molecule has 0 bridgehead atoms. The predicted molar refractivity (Wildman–Crippen MR) is 136 cm³/mol. The molecule has 0 aromatic carbocycles. The summed E-state index contributed by atoms with van der Waals surface area (Å²) in [6, 6.07) is 0. The van der Waals surface area contributed by atoms with Gasteiger partial charge < -0.3 is 25.5 Å². The van der Waals surface area contributed by atoms with Crippen molar-refractivity contribution in [3.05, 3.63) is 0 Å². The zero-order valence-electron chi connectivity index (χ0n) is 22.4. The Bertz CT molecular complexity index is 898. The van der Waals surface area contributed by atoms with Gasteiger partial charge in [0.15, 0.2) is 0 Å². The zero-order valence-corrected chi connectivity index (χ0v) is 23.3. The van der Waals surface area contributed by atoms with Gasteiger partial charge in [0.05, 0.1) is 37.6 Å². The van der Waals surface area contributed by atoms with Gasteiger partial charge in [-0.3, -0.25) is 4.55 Å². The summed E-state index contributed by atoms with van der Waals surface area (Å²) in [7, 11) is -4.65. The minimum absolute atomic E-state index is 0.0304. The van der Waals surface area contributed by atoms with Gasteiger partial charge in [-0.15, -0.1) is 0 Å². The lowest BCUT2D eigenvalue weighted by atomic mass is 9.43. The lowest BCUT2D eigenvalue weighted by molar-refractivity contribution is -0.207.